The molecule has 1 aromatic carbocycles. The standard InChI is InChI=1S/C15H16Cl2N2O4/c1-15(2)13(21)19(14(22)18-15)7-6-12(20)23-8-9-10(16)4-3-5-11(9)17/h3-5H,6-8H2,1-2H3,(H,18,22). The first-order valence-electron chi connectivity index (χ1n) is 6.95. The number of imide groups is 1. The SMILES string of the molecule is CC1(C)NC(=O)N(CCC(=O)OCc2c(Cl)cccc2Cl)C1=O. The Morgan fingerprint density at radius 1 is 1.26 bits per heavy atom. The molecule has 0 bridgehead atoms. The summed E-state index contributed by atoms with van der Waals surface area (Å²) < 4.78 is 5.09. The second-order valence-electron chi connectivity index (χ2n) is 5.62. The monoisotopic (exact) mass is 358 g/mol. The Bertz CT molecular complexity index is 641. The van der Waals surface area contributed by atoms with Gasteiger partial charge in [0.25, 0.3) is 5.91 Å². The minimum Gasteiger partial charge on any atom is -0.461 e. The summed E-state index contributed by atoms with van der Waals surface area (Å²) in [5.41, 5.74) is -0.438. The minimum absolute atomic E-state index is 0.0385. The van der Waals surface area contributed by atoms with Gasteiger partial charge in [-0.25, -0.2) is 4.79 Å². The Morgan fingerprint density at radius 3 is 2.39 bits per heavy atom. The van der Waals surface area contributed by atoms with Gasteiger partial charge in [-0.3, -0.25) is 14.5 Å². The number of nitrogens with one attached hydrogen (secondary N) is 1. The molecule has 0 saturated carbocycles. The van der Waals surface area contributed by atoms with Crippen LogP contribution in [0, 0.1) is 0 Å². The number of carbonyl (C=O) groups excluding carboxylic acids is 3. The van der Waals surface area contributed by atoms with Gasteiger partial charge in [0.1, 0.15) is 12.1 Å². The van der Waals surface area contributed by atoms with Crippen molar-refractivity contribution in [3.8, 4) is 0 Å². The topological polar surface area (TPSA) is 75.7 Å². The van der Waals surface area contributed by atoms with Gasteiger partial charge in [-0.15, -0.1) is 0 Å². The second kappa shape index (κ2) is 6.76. The zero-order valence-electron chi connectivity index (χ0n) is 12.7. The van der Waals surface area contributed by atoms with Crippen molar-refractivity contribution in [2.75, 3.05) is 6.54 Å². The van der Waals surface area contributed by atoms with Gasteiger partial charge in [-0.1, -0.05) is 29.3 Å². The highest BCUT2D eigenvalue weighted by molar-refractivity contribution is 6.35. The molecule has 2 rings (SSSR count). The van der Waals surface area contributed by atoms with Gasteiger partial charge >= 0.3 is 12.0 Å². The third kappa shape index (κ3) is 3.95. The van der Waals surface area contributed by atoms with Crippen molar-refractivity contribution < 1.29 is 19.1 Å². The van der Waals surface area contributed by atoms with Crippen molar-refractivity contribution in [3.63, 3.8) is 0 Å². The van der Waals surface area contributed by atoms with Crippen LogP contribution in [-0.4, -0.2) is 34.9 Å². The summed E-state index contributed by atoms with van der Waals surface area (Å²) in [6.45, 7) is 3.10. The van der Waals surface area contributed by atoms with Crippen LogP contribution in [0.15, 0.2) is 18.2 Å². The molecule has 1 N–H and O–H groups in total. The van der Waals surface area contributed by atoms with E-state index in [0.717, 1.165) is 4.90 Å². The molecule has 1 saturated heterocycles. The Kier molecular flexibility index (Phi) is 5.16. The van der Waals surface area contributed by atoms with E-state index in [4.69, 9.17) is 27.9 Å². The number of rotatable bonds is 5. The number of ether oxygens (including phenoxy) is 1. The molecule has 0 aliphatic carbocycles. The molecule has 1 aliphatic rings. The maximum atomic E-state index is 12.0. The summed E-state index contributed by atoms with van der Waals surface area (Å²) in [6.07, 6.45) is -0.0999. The summed E-state index contributed by atoms with van der Waals surface area (Å²) in [6, 6.07) is 4.47. The summed E-state index contributed by atoms with van der Waals surface area (Å²) in [7, 11) is 0. The quantitative estimate of drug-likeness (QED) is 0.648. The van der Waals surface area contributed by atoms with Crippen molar-refractivity contribution in [1.82, 2.24) is 10.2 Å². The van der Waals surface area contributed by atoms with Crippen LogP contribution in [0.2, 0.25) is 10.0 Å². The Balaban J connectivity index is 1.87. The normalized spacial score (nSPS) is 16.4. The first-order chi connectivity index (χ1) is 10.7. The second-order valence-corrected chi connectivity index (χ2v) is 6.44. The van der Waals surface area contributed by atoms with E-state index in [0.29, 0.717) is 15.6 Å². The summed E-state index contributed by atoms with van der Waals surface area (Å²) in [5, 5.41) is 3.35. The lowest BCUT2D eigenvalue weighted by atomic mass is 10.1. The molecule has 0 radical (unpaired) electrons. The lowest BCUT2D eigenvalue weighted by molar-refractivity contribution is -0.145. The largest absolute Gasteiger partial charge is 0.461 e. The van der Waals surface area contributed by atoms with Crippen LogP contribution in [0.1, 0.15) is 25.8 Å². The number of esters is 1. The molecule has 0 spiro atoms. The number of hydrogen-bond acceptors (Lipinski definition) is 4. The van der Waals surface area contributed by atoms with Crippen LogP contribution < -0.4 is 5.32 Å². The van der Waals surface area contributed by atoms with Crippen molar-refractivity contribution in [1.29, 1.82) is 0 Å². The van der Waals surface area contributed by atoms with E-state index in [1.54, 1.807) is 32.0 Å². The molecule has 3 amide bonds. The molecule has 1 heterocycles. The number of carbonyl (C=O) groups is 3. The van der Waals surface area contributed by atoms with Crippen LogP contribution >= 0.6 is 23.2 Å². The minimum atomic E-state index is -0.952. The Morgan fingerprint density at radius 2 is 1.87 bits per heavy atom. The molecule has 8 heteroatoms. The third-order valence-corrected chi connectivity index (χ3v) is 4.13. The van der Waals surface area contributed by atoms with Crippen LogP contribution in [0.5, 0.6) is 0 Å². The number of urea groups is 1. The molecule has 124 valence electrons. The van der Waals surface area contributed by atoms with Gasteiger partial charge in [-0.2, -0.15) is 0 Å². The van der Waals surface area contributed by atoms with Crippen molar-refractivity contribution >= 4 is 41.1 Å². The highest BCUT2D eigenvalue weighted by atomic mass is 35.5. The van der Waals surface area contributed by atoms with Crippen LogP contribution in [0.3, 0.4) is 0 Å². The van der Waals surface area contributed by atoms with Crippen molar-refractivity contribution in [2.24, 2.45) is 0 Å². The Hall–Kier alpha value is -1.79. The van der Waals surface area contributed by atoms with E-state index in [2.05, 4.69) is 5.32 Å². The van der Waals surface area contributed by atoms with Crippen molar-refractivity contribution in [2.45, 2.75) is 32.4 Å². The fraction of sp³-hybridized carbons (Fsp3) is 0.400. The average molecular weight is 359 g/mol. The summed E-state index contributed by atoms with van der Waals surface area (Å²) in [5.74, 6) is -0.921. The van der Waals surface area contributed by atoms with E-state index < -0.39 is 17.5 Å². The molecule has 23 heavy (non-hydrogen) atoms. The van der Waals surface area contributed by atoms with E-state index in [-0.39, 0.29) is 25.5 Å². The van der Waals surface area contributed by atoms with E-state index in [9.17, 15) is 14.4 Å². The third-order valence-electron chi connectivity index (χ3n) is 3.42. The highest BCUT2D eigenvalue weighted by Crippen LogP contribution is 2.25. The Labute approximate surface area is 143 Å². The molecular weight excluding hydrogens is 343 g/mol. The summed E-state index contributed by atoms with van der Waals surface area (Å²) in [4.78, 5) is 36.5. The number of hydrogen-bond donors (Lipinski definition) is 1. The van der Waals surface area contributed by atoms with Gasteiger partial charge in [0.15, 0.2) is 0 Å². The van der Waals surface area contributed by atoms with E-state index in [1.807, 2.05) is 0 Å². The number of amides is 3. The molecular formula is C15H16Cl2N2O4. The average Bonchev–Trinajstić information content (AvgIpc) is 2.65. The number of benzene rings is 1. The van der Waals surface area contributed by atoms with Gasteiger partial charge in [0, 0.05) is 22.2 Å². The molecule has 1 fully saturated rings. The van der Waals surface area contributed by atoms with Gasteiger partial charge in [-0.05, 0) is 26.0 Å². The fourth-order valence-corrected chi connectivity index (χ4v) is 2.63. The first kappa shape index (κ1) is 17.6. The predicted octanol–water partition coefficient (Wildman–Crippen LogP) is 2.76. The molecule has 0 unspecified atom stereocenters. The highest BCUT2D eigenvalue weighted by Gasteiger charge is 2.44. The first-order valence-corrected chi connectivity index (χ1v) is 7.70. The van der Waals surface area contributed by atoms with Gasteiger partial charge < -0.3 is 10.1 Å². The summed E-state index contributed by atoms with van der Waals surface area (Å²) >= 11 is 12.0. The van der Waals surface area contributed by atoms with Crippen LogP contribution in [0.4, 0.5) is 4.79 Å². The molecule has 0 atom stereocenters. The zero-order valence-corrected chi connectivity index (χ0v) is 14.2. The lowest BCUT2D eigenvalue weighted by Crippen LogP contribution is -2.40. The maximum Gasteiger partial charge on any atom is 0.325 e. The predicted molar refractivity (Wildman–Crippen MR) is 85.2 cm³/mol. The smallest absolute Gasteiger partial charge is 0.325 e. The van der Waals surface area contributed by atoms with E-state index >= 15 is 0 Å². The molecule has 1 aliphatic heterocycles. The van der Waals surface area contributed by atoms with Gasteiger partial charge in [0.05, 0.1) is 6.42 Å². The molecule has 1 aromatic rings. The van der Waals surface area contributed by atoms with Gasteiger partial charge in [0.2, 0.25) is 0 Å². The zero-order chi connectivity index (χ0) is 17.2. The van der Waals surface area contributed by atoms with Crippen LogP contribution in [0.25, 0.3) is 0 Å². The fourth-order valence-electron chi connectivity index (χ4n) is 2.12. The van der Waals surface area contributed by atoms with Crippen LogP contribution in [-0.2, 0) is 20.9 Å². The molecule has 6 nitrogen and oxygen atoms in total. The van der Waals surface area contributed by atoms with E-state index in [1.165, 1.54) is 0 Å². The maximum absolute atomic E-state index is 12.0. The number of halogens is 2. The molecule has 0 aromatic heterocycles. The lowest BCUT2D eigenvalue weighted by Gasteiger charge is -2.15. The van der Waals surface area contributed by atoms with Crippen molar-refractivity contribution in [3.05, 3.63) is 33.8 Å². The number of nitrogens with zero attached hydrogens (tertiary/aromatic N) is 1.